The first kappa shape index (κ1) is 22.4. The van der Waals surface area contributed by atoms with Crippen molar-refractivity contribution in [3.8, 4) is 0 Å². The third kappa shape index (κ3) is 4.51. The molecule has 7 nitrogen and oxygen atoms in total. The van der Waals surface area contributed by atoms with Gasteiger partial charge >= 0.3 is 0 Å². The Balaban J connectivity index is 1.33. The summed E-state index contributed by atoms with van der Waals surface area (Å²) in [4.78, 5) is 15.3. The van der Waals surface area contributed by atoms with Gasteiger partial charge in [-0.25, -0.2) is 8.42 Å². The Morgan fingerprint density at radius 3 is 2.44 bits per heavy atom. The predicted molar refractivity (Wildman–Crippen MR) is 133 cm³/mol. The molecule has 8 heteroatoms. The number of fused-ring (bicyclic) bond motifs is 1. The maximum absolute atomic E-state index is 13.5. The molecule has 0 saturated carbocycles. The highest BCUT2D eigenvalue weighted by molar-refractivity contribution is 7.92. The Labute approximate surface area is 200 Å². The predicted octanol–water partition coefficient (Wildman–Crippen LogP) is 3.92. The van der Waals surface area contributed by atoms with Gasteiger partial charge in [0.1, 0.15) is 0 Å². The first-order chi connectivity index (χ1) is 16.5. The largest absolute Gasteiger partial charge is 0.378 e. The zero-order valence-corrected chi connectivity index (χ0v) is 19.6. The first-order valence-corrected chi connectivity index (χ1v) is 12.9. The van der Waals surface area contributed by atoms with E-state index in [9.17, 15) is 13.2 Å². The summed E-state index contributed by atoms with van der Waals surface area (Å²) in [7, 11) is -3.78. The third-order valence-electron chi connectivity index (χ3n) is 6.25. The van der Waals surface area contributed by atoms with Crippen LogP contribution in [0.25, 0.3) is 0 Å². The Morgan fingerprint density at radius 1 is 0.882 bits per heavy atom. The molecule has 0 spiro atoms. The quantitative estimate of drug-likeness (QED) is 0.603. The van der Waals surface area contributed by atoms with Crippen molar-refractivity contribution in [2.75, 3.05) is 47.4 Å². The number of ether oxygens (including phenoxy) is 1. The molecule has 1 amide bonds. The molecule has 5 rings (SSSR count). The van der Waals surface area contributed by atoms with Crippen LogP contribution in [0, 0.1) is 0 Å². The second-order valence-electron chi connectivity index (χ2n) is 8.44. The zero-order valence-electron chi connectivity index (χ0n) is 18.8. The van der Waals surface area contributed by atoms with Crippen LogP contribution in [0.4, 0.5) is 17.1 Å². The highest BCUT2D eigenvalue weighted by atomic mass is 32.2. The number of nitrogens with one attached hydrogen (secondary N) is 1. The number of aryl methyl sites for hydroxylation is 1. The number of carbonyl (C=O) groups is 1. The van der Waals surface area contributed by atoms with E-state index in [2.05, 4.69) is 10.2 Å². The van der Waals surface area contributed by atoms with Crippen molar-refractivity contribution in [3.05, 3.63) is 83.9 Å². The Hall–Kier alpha value is -3.36. The standard InChI is InChI=1S/C26H27N3O4S/c30-26(27-22-10-12-23(13-11-22)28-15-17-33-18-16-28)21-6-3-8-24(19-21)34(31,32)29-14-4-7-20-5-1-2-9-25(20)29/h1-3,5-6,8-13,19H,4,7,14-18H2,(H,27,30). The molecule has 1 N–H and O–H groups in total. The molecule has 0 aliphatic carbocycles. The molecule has 0 unspecified atom stereocenters. The number of carbonyl (C=O) groups excluding carboxylic acids is 1. The average molecular weight is 478 g/mol. The van der Waals surface area contributed by atoms with Crippen LogP contribution in [-0.2, 0) is 21.2 Å². The summed E-state index contributed by atoms with van der Waals surface area (Å²) >= 11 is 0. The van der Waals surface area contributed by atoms with Crippen LogP contribution in [-0.4, -0.2) is 47.2 Å². The summed E-state index contributed by atoms with van der Waals surface area (Å²) in [5, 5.41) is 2.87. The van der Waals surface area contributed by atoms with Gasteiger partial charge in [0.25, 0.3) is 15.9 Å². The van der Waals surface area contributed by atoms with Gasteiger partial charge in [-0.3, -0.25) is 9.10 Å². The zero-order chi connectivity index (χ0) is 23.5. The van der Waals surface area contributed by atoms with Crippen molar-refractivity contribution < 1.29 is 17.9 Å². The maximum Gasteiger partial charge on any atom is 0.264 e. The number of morpholine rings is 1. The van der Waals surface area contributed by atoms with Crippen molar-refractivity contribution >= 4 is 33.0 Å². The van der Waals surface area contributed by atoms with Crippen LogP contribution in [0.15, 0.2) is 77.7 Å². The number of anilines is 3. The molecule has 0 atom stereocenters. The van der Waals surface area contributed by atoms with E-state index < -0.39 is 10.0 Å². The molecule has 3 aromatic carbocycles. The van der Waals surface area contributed by atoms with E-state index in [1.165, 1.54) is 10.4 Å². The number of benzene rings is 3. The fourth-order valence-electron chi connectivity index (χ4n) is 4.45. The van der Waals surface area contributed by atoms with Crippen molar-refractivity contribution in [1.82, 2.24) is 0 Å². The van der Waals surface area contributed by atoms with E-state index in [1.807, 2.05) is 48.5 Å². The fraction of sp³-hybridized carbons (Fsp3) is 0.269. The van der Waals surface area contributed by atoms with Crippen LogP contribution in [0.3, 0.4) is 0 Å². The molecule has 176 valence electrons. The molecule has 2 heterocycles. The molecule has 2 aliphatic heterocycles. The van der Waals surface area contributed by atoms with Gasteiger partial charge in [-0.15, -0.1) is 0 Å². The van der Waals surface area contributed by atoms with Gasteiger partial charge in [0.15, 0.2) is 0 Å². The van der Waals surface area contributed by atoms with Crippen molar-refractivity contribution in [2.45, 2.75) is 17.7 Å². The van der Waals surface area contributed by atoms with Crippen LogP contribution in [0.2, 0.25) is 0 Å². The van der Waals surface area contributed by atoms with E-state index in [1.54, 1.807) is 18.2 Å². The van der Waals surface area contributed by atoms with Gasteiger partial charge in [-0.05, 0) is 66.9 Å². The lowest BCUT2D eigenvalue weighted by molar-refractivity contribution is 0.102. The highest BCUT2D eigenvalue weighted by Gasteiger charge is 2.29. The number of amides is 1. The number of sulfonamides is 1. The normalized spacial score (nSPS) is 16.1. The van der Waals surface area contributed by atoms with Crippen molar-refractivity contribution in [3.63, 3.8) is 0 Å². The number of hydrogen-bond donors (Lipinski definition) is 1. The van der Waals surface area contributed by atoms with Gasteiger partial charge in [0.2, 0.25) is 0 Å². The van der Waals surface area contributed by atoms with E-state index in [0.29, 0.717) is 36.7 Å². The molecule has 0 aromatic heterocycles. The summed E-state index contributed by atoms with van der Waals surface area (Å²) in [6, 6.07) is 21.4. The number of hydrogen-bond acceptors (Lipinski definition) is 5. The van der Waals surface area contributed by atoms with Crippen molar-refractivity contribution in [1.29, 1.82) is 0 Å². The van der Waals surface area contributed by atoms with Gasteiger partial charge in [-0.2, -0.15) is 0 Å². The van der Waals surface area contributed by atoms with Gasteiger partial charge < -0.3 is 15.0 Å². The van der Waals surface area contributed by atoms with Gasteiger partial charge in [-0.1, -0.05) is 24.3 Å². The van der Waals surface area contributed by atoms with Crippen LogP contribution >= 0.6 is 0 Å². The van der Waals surface area contributed by atoms with E-state index in [4.69, 9.17) is 4.74 Å². The molecule has 0 bridgehead atoms. The summed E-state index contributed by atoms with van der Waals surface area (Å²) in [5.74, 6) is -0.352. The second-order valence-corrected chi connectivity index (χ2v) is 10.3. The second kappa shape index (κ2) is 9.48. The summed E-state index contributed by atoms with van der Waals surface area (Å²) in [6.07, 6.45) is 1.62. The number of rotatable bonds is 5. The Bertz CT molecular complexity index is 1290. The lowest BCUT2D eigenvalue weighted by Crippen LogP contribution is -2.36. The minimum atomic E-state index is -3.78. The third-order valence-corrected chi connectivity index (χ3v) is 8.06. The molecule has 1 fully saturated rings. The summed E-state index contributed by atoms with van der Waals surface area (Å²) < 4.78 is 33.7. The molecule has 1 saturated heterocycles. The van der Waals surface area contributed by atoms with Crippen molar-refractivity contribution in [2.24, 2.45) is 0 Å². The molecular weight excluding hydrogens is 450 g/mol. The molecular formula is C26H27N3O4S. The van der Waals surface area contributed by atoms with Crippen LogP contribution < -0.4 is 14.5 Å². The Kier molecular flexibility index (Phi) is 6.26. The summed E-state index contributed by atoms with van der Waals surface area (Å²) in [6.45, 7) is 3.52. The average Bonchev–Trinajstić information content (AvgIpc) is 2.89. The van der Waals surface area contributed by atoms with Crippen LogP contribution in [0.1, 0.15) is 22.3 Å². The summed E-state index contributed by atoms with van der Waals surface area (Å²) in [5.41, 5.74) is 3.76. The van der Waals surface area contributed by atoms with E-state index in [-0.39, 0.29) is 10.8 Å². The fourth-order valence-corrected chi connectivity index (χ4v) is 6.04. The Morgan fingerprint density at radius 2 is 1.65 bits per heavy atom. The first-order valence-electron chi connectivity index (χ1n) is 11.5. The number of para-hydroxylation sites is 1. The topological polar surface area (TPSA) is 79.0 Å². The molecule has 3 aromatic rings. The minimum absolute atomic E-state index is 0.111. The maximum atomic E-state index is 13.5. The number of nitrogens with zero attached hydrogens (tertiary/aromatic N) is 2. The monoisotopic (exact) mass is 477 g/mol. The molecule has 34 heavy (non-hydrogen) atoms. The SMILES string of the molecule is O=C(Nc1ccc(N2CCOCC2)cc1)c1cccc(S(=O)(=O)N2CCCc3ccccc32)c1. The minimum Gasteiger partial charge on any atom is -0.378 e. The molecule has 2 aliphatic rings. The van der Waals surface area contributed by atoms with Gasteiger partial charge in [0.05, 0.1) is 23.8 Å². The highest BCUT2D eigenvalue weighted by Crippen LogP contribution is 2.32. The van der Waals surface area contributed by atoms with E-state index in [0.717, 1.165) is 37.2 Å². The lowest BCUT2D eigenvalue weighted by atomic mass is 10.0. The molecule has 0 radical (unpaired) electrons. The lowest BCUT2D eigenvalue weighted by Gasteiger charge is -2.30. The van der Waals surface area contributed by atoms with Gasteiger partial charge in [0, 0.05) is 36.6 Å². The smallest absolute Gasteiger partial charge is 0.264 e. The van der Waals surface area contributed by atoms with Crippen LogP contribution in [0.5, 0.6) is 0 Å². The van der Waals surface area contributed by atoms with E-state index >= 15 is 0 Å².